The molecule has 2 heteroatoms. The standard InChI is InChI=1S/C12H25NO/c1-3-12(2,8-11-14)13-9-6-4-5-7-10-13/h14H,3-11H2,1-2H3. The molecule has 0 aromatic carbocycles. The first-order valence-corrected chi connectivity index (χ1v) is 6.09. The Morgan fingerprint density at radius 3 is 2.14 bits per heavy atom. The van der Waals surface area contributed by atoms with Crippen LogP contribution in [-0.4, -0.2) is 35.2 Å². The van der Waals surface area contributed by atoms with Crippen molar-refractivity contribution in [3.63, 3.8) is 0 Å². The molecular weight excluding hydrogens is 174 g/mol. The summed E-state index contributed by atoms with van der Waals surface area (Å²) >= 11 is 0. The first-order valence-electron chi connectivity index (χ1n) is 6.09. The normalized spacial score (nSPS) is 24.2. The molecule has 1 atom stereocenters. The molecule has 1 rings (SSSR count). The Hall–Kier alpha value is -0.0800. The van der Waals surface area contributed by atoms with Crippen LogP contribution in [0.1, 0.15) is 52.4 Å². The third-order valence-corrected chi connectivity index (χ3v) is 3.78. The van der Waals surface area contributed by atoms with Crippen molar-refractivity contribution in [2.24, 2.45) is 0 Å². The molecule has 84 valence electrons. The number of rotatable bonds is 4. The largest absolute Gasteiger partial charge is 0.396 e. The maximum absolute atomic E-state index is 9.11. The first-order chi connectivity index (χ1) is 6.73. The van der Waals surface area contributed by atoms with Crippen LogP contribution in [0.2, 0.25) is 0 Å². The smallest absolute Gasteiger partial charge is 0.0448 e. The van der Waals surface area contributed by atoms with Crippen molar-refractivity contribution in [2.75, 3.05) is 19.7 Å². The molecule has 1 heterocycles. The van der Waals surface area contributed by atoms with Gasteiger partial charge in [0.1, 0.15) is 0 Å². The Morgan fingerprint density at radius 2 is 1.71 bits per heavy atom. The Kier molecular flexibility index (Phi) is 4.90. The fourth-order valence-corrected chi connectivity index (χ4v) is 2.41. The SMILES string of the molecule is CCC(C)(CCO)N1CCCCCC1. The van der Waals surface area contributed by atoms with E-state index in [1.54, 1.807) is 0 Å². The third kappa shape index (κ3) is 2.96. The molecule has 1 aliphatic heterocycles. The van der Waals surface area contributed by atoms with Gasteiger partial charge in [-0.1, -0.05) is 19.8 Å². The van der Waals surface area contributed by atoms with Crippen LogP contribution in [0.5, 0.6) is 0 Å². The van der Waals surface area contributed by atoms with E-state index in [2.05, 4.69) is 18.7 Å². The summed E-state index contributed by atoms with van der Waals surface area (Å²) in [6.45, 7) is 7.31. The second-order valence-electron chi connectivity index (χ2n) is 4.73. The summed E-state index contributed by atoms with van der Waals surface area (Å²) < 4.78 is 0. The van der Waals surface area contributed by atoms with E-state index < -0.39 is 0 Å². The monoisotopic (exact) mass is 199 g/mol. The topological polar surface area (TPSA) is 23.5 Å². The first kappa shape index (κ1) is 12.0. The molecule has 1 unspecified atom stereocenters. The summed E-state index contributed by atoms with van der Waals surface area (Å²) in [7, 11) is 0. The van der Waals surface area contributed by atoms with E-state index in [0.717, 1.165) is 12.8 Å². The maximum Gasteiger partial charge on any atom is 0.0448 e. The number of aliphatic hydroxyl groups is 1. The van der Waals surface area contributed by atoms with E-state index in [4.69, 9.17) is 5.11 Å². The number of likely N-dealkylation sites (tertiary alicyclic amines) is 1. The van der Waals surface area contributed by atoms with Crippen molar-refractivity contribution in [1.82, 2.24) is 4.90 Å². The second kappa shape index (κ2) is 5.72. The van der Waals surface area contributed by atoms with E-state index in [1.807, 2.05) is 0 Å². The lowest BCUT2D eigenvalue weighted by molar-refractivity contribution is 0.0741. The van der Waals surface area contributed by atoms with Gasteiger partial charge in [0.15, 0.2) is 0 Å². The molecule has 0 radical (unpaired) electrons. The zero-order valence-electron chi connectivity index (χ0n) is 9.76. The van der Waals surface area contributed by atoms with Gasteiger partial charge in [0.25, 0.3) is 0 Å². The van der Waals surface area contributed by atoms with Crippen LogP contribution in [0.25, 0.3) is 0 Å². The van der Waals surface area contributed by atoms with Crippen LogP contribution >= 0.6 is 0 Å². The highest BCUT2D eigenvalue weighted by molar-refractivity contribution is 4.85. The zero-order chi connectivity index (χ0) is 10.4. The Bertz CT molecular complexity index is 152. The summed E-state index contributed by atoms with van der Waals surface area (Å²) in [6, 6.07) is 0. The molecule has 1 N–H and O–H groups in total. The second-order valence-corrected chi connectivity index (χ2v) is 4.73. The molecule has 0 aromatic heterocycles. The fraction of sp³-hybridized carbons (Fsp3) is 1.00. The molecule has 0 saturated carbocycles. The highest BCUT2D eigenvalue weighted by Crippen LogP contribution is 2.26. The number of hydrogen-bond donors (Lipinski definition) is 1. The lowest BCUT2D eigenvalue weighted by Gasteiger charge is -2.40. The van der Waals surface area contributed by atoms with Crippen LogP contribution in [0, 0.1) is 0 Å². The van der Waals surface area contributed by atoms with Crippen molar-refractivity contribution in [1.29, 1.82) is 0 Å². The number of aliphatic hydroxyl groups excluding tert-OH is 1. The average Bonchev–Trinajstić information content (AvgIpc) is 2.46. The van der Waals surface area contributed by atoms with Gasteiger partial charge in [0, 0.05) is 12.1 Å². The van der Waals surface area contributed by atoms with E-state index in [1.165, 1.54) is 38.8 Å². The van der Waals surface area contributed by atoms with Crippen molar-refractivity contribution in [2.45, 2.75) is 57.9 Å². The highest BCUT2D eigenvalue weighted by atomic mass is 16.3. The fourth-order valence-electron chi connectivity index (χ4n) is 2.41. The van der Waals surface area contributed by atoms with E-state index in [0.29, 0.717) is 6.61 Å². The highest BCUT2D eigenvalue weighted by Gasteiger charge is 2.29. The van der Waals surface area contributed by atoms with Gasteiger partial charge in [-0.15, -0.1) is 0 Å². The molecular formula is C12H25NO. The van der Waals surface area contributed by atoms with Gasteiger partial charge in [-0.3, -0.25) is 4.90 Å². The van der Waals surface area contributed by atoms with Gasteiger partial charge < -0.3 is 5.11 Å². The van der Waals surface area contributed by atoms with Crippen LogP contribution in [0.4, 0.5) is 0 Å². The Morgan fingerprint density at radius 1 is 1.14 bits per heavy atom. The minimum Gasteiger partial charge on any atom is -0.396 e. The maximum atomic E-state index is 9.11. The number of hydrogen-bond acceptors (Lipinski definition) is 2. The molecule has 0 bridgehead atoms. The molecule has 0 aromatic rings. The van der Waals surface area contributed by atoms with Gasteiger partial charge >= 0.3 is 0 Å². The third-order valence-electron chi connectivity index (χ3n) is 3.78. The van der Waals surface area contributed by atoms with E-state index >= 15 is 0 Å². The quantitative estimate of drug-likeness (QED) is 0.751. The summed E-state index contributed by atoms with van der Waals surface area (Å²) in [6.07, 6.45) is 7.50. The van der Waals surface area contributed by atoms with Crippen molar-refractivity contribution < 1.29 is 5.11 Å². The Labute approximate surface area is 88.3 Å². The van der Waals surface area contributed by atoms with E-state index in [-0.39, 0.29) is 5.54 Å². The predicted molar refractivity (Wildman–Crippen MR) is 60.4 cm³/mol. The van der Waals surface area contributed by atoms with Crippen LogP contribution in [0.3, 0.4) is 0 Å². The molecule has 0 amide bonds. The van der Waals surface area contributed by atoms with Crippen LogP contribution in [-0.2, 0) is 0 Å². The lowest BCUT2D eigenvalue weighted by Crippen LogP contribution is -2.47. The van der Waals surface area contributed by atoms with Crippen molar-refractivity contribution in [3.05, 3.63) is 0 Å². The van der Waals surface area contributed by atoms with Gasteiger partial charge in [0.2, 0.25) is 0 Å². The summed E-state index contributed by atoms with van der Waals surface area (Å²) in [5.74, 6) is 0. The molecule has 1 aliphatic rings. The lowest BCUT2D eigenvalue weighted by atomic mass is 9.92. The Balaban J connectivity index is 2.56. The summed E-state index contributed by atoms with van der Waals surface area (Å²) in [5.41, 5.74) is 0.235. The average molecular weight is 199 g/mol. The summed E-state index contributed by atoms with van der Waals surface area (Å²) in [4.78, 5) is 2.59. The van der Waals surface area contributed by atoms with Gasteiger partial charge in [-0.25, -0.2) is 0 Å². The van der Waals surface area contributed by atoms with Gasteiger partial charge in [-0.2, -0.15) is 0 Å². The van der Waals surface area contributed by atoms with E-state index in [9.17, 15) is 0 Å². The molecule has 1 saturated heterocycles. The minimum absolute atomic E-state index is 0.235. The molecule has 0 aliphatic carbocycles. The van der Waals surface area contributed by atoms with Crippen molar-refractivity contribution >= 4 is 0 Å². The number of nitrogens with zero attached hydrogens (tertiary/aromatic N) is 1. The summed E-state index contributed by atoms with van der Waals surface area (Å²) in [5, 5.41) is 9.11. The predicted octanol–water partition coefficient (Wildman–Crippen LogP) is 2.41. The van der Waals surface area contributed by atoms with Crippen LogP contribution < -0.4 is 0 Å². The molecule has 0 spiro atoms. The van der Waals surface area contributed by atoms with Crippen molar-refractivity contribution in [3.8, 4) is 0 Å². The van der Waals surface area contributed by atoms with Crippen LogP contribution in [0.15, 0.2) is 0 Å². The minimum atomic E-state index is 0.235. The zero-order valence-corrected chi connectivity index (χ0v) is 9.76. The van der Waals surface area contributed by atoms with Gasteiger partial charge in [-0.05, 0) is 45.7 Å². The molecule has 14 heavy (non-hydrogen) atoms. The molecule has 2 nitrogen and oxygen atoms in total. The van der Waals surface area contributed by atoms with Gasteiger partial charge in [0.05, 0.1) is 0 Å². The molecule has 1 fully saturated rings.